The molecule has 0 saturated carbocycles. The highest BCUT2D eigenvalue weighted by molar-refractivity contribution is 7.91. The number of ether oxygens (including phenoxy) is 1. The van der Waals surface area contributed by atoms with Gasteiger partial charge in [0.05, 0.1) is 13.2 Å². The summed E-state index contributed by atoms with van der Waals surface area (Å²) in [6.07, 6.45) is -0.363. The van der Waals surface area contributed by atoms with Crippen molar-refractivity contribution in [2.24, 2.45) is 0 Å². The van der Waals surface area contributed by atoms with E-state index in [-0.39, 0.29) is 23.8 Å². The maximum absolute atomic E-state index is 12.9. The molecule has 1 atom stereocenters. The molecule has 0 bridgehead atoms. The maximum Gasteiger partial charge on any atom is 0.309 e. The van der Waals surface area contributed by atoms with E-state index in [1.807, 2.05) is 0 Å². The maximum atomic E-state index is 12.9. The summed E-state index contributed by atoms with van der Waals surface area (Å²) >= 11 is 1.10. The van der Waals surface area contributed by atoms with Gasteiger partial charge in [0, 0.05) is 13.1 Å². The highest BCUT2D eigenvalue weighted by Gasteiger charge is 2.35. The Labute approximate surface area is 171 Å². The Balaban J connectivity index is 1.55. The van der Waals surface area contributed by atoms with Crippen LogP contribution in [0.1, 0.15) is 12.0 Å². The lowest BCUT2D eigenvalue weighted by atomic mass is 10.2. The standard InChI is InChI=1S/C18H20FN3O5S2/c19-14-6-4-13(5-7-14)11-20-17(23)18(24)21-12-15-22(8-2-9-27-15)29(25,26)16-3-1-10-28-16/h1,3-7,10,15H,2,8-9,11-12H2,(H,20,23)(H,21,24)/t15-/m1/s1. The number of nitrogens with zero attached hydrogens (tertiary/aromatic N) is 1. The third-order valence-corrected chi connectivity index (χ3v) is 7.48. The fourth-order valence-corrected chi connectivity index (χ4v) is 5.44. The molecule has 1 fully saturated rings. The zero-order valence-electron chi connectivity index (χ0n) is 15.3. The van der Waals surface area contributed by atoms with Gasteiger partial charge < -0.3 is 15.4 Å². The van der Waals surface area contributed by atoms with E-state index in [9.17, 15) is 22.4 Å². The number of carbonyl (C=O) groups is 2. The summed E-state index contributed by atoms with van der Waals surface area (Å²) in [5.74, 6) is -2.18. The summed E-state index contributed by atoms with van der Waals surface area (Å²) in [5.41, 5.74) is 0.636. The normalized spacial score (nSPS) is 17.6. The number of rotatable bonds is 6. The van der Waals surface area contributed by atoms with E-state index in [2.05, 4.69) is 10.6 Å². The van der Waals surface area contributed by atoms with Crippen molar-refractivity contribution < 1.29 is 27.1 Å². The Kier molecular flexibility index (Phi) is 6.96. The van der Waals surface area contributed by atoms with Crippen LogP contribution in [0.5, 0.6) is 0 Å². The topological polar surface area (TPSA) is 105 Å². The summed E-state index contributed by atoms with van der Waals surface area (Å²) in [6, 6.07) is 8.65. The molecule has 1 aromatic carbocycles. The second-order valence-electron chi connectivity index (χ2n) is 6.25. The molecule has 11 heteroatoms. The van der Waals surface area contributed by atoms with Crippen molar-refractivity contribution in [1.82, 2.24) is 14.9 Å². The van der Waals surface area contributed by atoms with Crippen LogP contribution in [0.15, 0.2) is 46.0 Å². The van der Waals surface area contributed by atoms with Crippen molar-refractivity contribution in [2.45, 2.75) is 23.4 Å². The molecular formula is C18H20FN3O5S2. The van der Waals surface area contributed by atoms with Crippen molar-refractivity contribution in [3.8, 4) is 0 Å². The van der Waals surface area contributed by atoms with Crippen LogP contribution >= 0.6 is 11.3 Å². The van der Waals surface area contributed by atoms with Gasteiger partial charge in [0.15, 0.2) is 0 Å². The summed E-state index contributed by atoms with van der Waals surface area (Å²) in [6.45, 7) is 0.518. The highest BCUT2D eigenvalue weighted by Crippen LogP contribution is 2.25. The van der Waals surface area contributed by atoms with Gasteiger partial charge in [-0.25, -0.2) is 12.8 Å². The highest BCUT2D eigenvalue weighted by atomic mass is 32.2. The van der Waals surface area contributed by atoms with Crippen LogP contribution in [-0.4, -0.2) is 50.5 Å². The predicted molar refractivity (Wildman–Crippen MR) is 104 cm³/mol. The second kappa shape index (κ2) is 9.44. The van der Waals surface area contributed by atoms with Gasteiger partial charge in [-0.3, -0.25) is 9.59 Å². The molecule has 156 valence electrons. The van der Waals surface area contributed by atoms with Gasteiger partial charge in [-0.1, -0.05) is 18.2 Å². The van der Waals surface area contributed by atoms with Gasteiger partial charge in [-0.15, -0.1) is 11.3 Å². The number of benzene rings is 1. The molecule has 2 amide bonds. The summed E-state index contributed by atoms with van der Waals surface area (Å²) in [5, 5.41) is 6.50. The minimum atomic E-state index is -3.74. The van der Waals surface area contributed by atoms with Crippen molar-refractivity contribution in [3.05, 3.63) is 53.2 Å². The lowest BCUT2D eigenvalue weighted by molar-refractivity contribution is -0.140. The fraction of sp³-hybridized carbons (Fsp3) is 0.333. The number of amides is 2. The lowest BCUT2D eigenvalue weighted by Crippen LogP contribution is -2.52. The third-order valence-electron chi connectivity index (χ3n) is 4.22. The third kappa shape index (κ3) is 5.38. The Bertz CT molecular complexity index is 948. The number of halogens is 1. The fourth-order valence-electron chi connectivity index (χ4n) is 2.75. The number of thiophene rings is 1. The molecule has 0 radical (unpaired) electrons. The van der Waals surface area contributed by atoms with Crippen LogP contribution in [0.2, 0.25) is 0 Å². The van der Waals surface area contributed by atoms with Crippen LogP contribution in [0.25, 0.3) is 0 Å². The molecule has 0 unspecified atom stereocenters. The van der Waals surface area contributed by atoms with E-state index in [0.717, 1.165) is 11.3 Å². The number of hydrogen-bond donors (Lipinski definition) is 2. The zero-order valence-corrected chi connectivity index (χ0v) is 17.0. The van der Waals surface area contributed by atoms with Crippen molar-refractivity contribution in [3.63, 3.8) is 0 Å². The number of sulfonamides is 1. The Hall–Kier alpha value is -2.34. The molecule has 0 aliphatic carbocycles. The van der Waals surface area contributed by atoms with E-state index in [1.54, 1.807) is 11.4 Å². The van der Waals surface area contributed by atoms with Gasteiger partial charge >= 0.3 is 11.8 Å². The van der Waals surface area contributed by atoms with Gasteiger partial charge in [0.1, 0.15) is 16.3 Å². The minimum absolute atomic E-state index is 0.0609. The van der Waals surface area contributed by atoms with E-state index in [4.69, 9.17) is 4.74 Å². The van der Waals surface area contributed by atoms with E-state index < -0.39 is 33.9 Å². The van der Waals surface area contributed by atoms with Crippen molar-refractivity contribution in [1.29, 1.82) is 0 Å². The first-order valence-electron chi connectivity index (χ1n) is 8.85. The molecule has 2 heterocycles. The van der Waals surface area contributed by atoms with Gasteiger partial charge in [0.2, 0.25) is 0 Å². The molecule has 2 N–H and O–H groups in total. The summed E-state index contributed by atoms with van der Waals surface area (Å²) < 4.78 is 45.3. The van der Waals surface area contributed by atoms with Crippen molar-refractivity contribution in [2.75, 3.05) is 19.7 Å². The molecular weight excluding hydrogens is 421 g/mol. The smallest absolute Gasteiger partial charge is 0.309 e. The molecule has 1 aromatic heterocycles. The van der Waals surface area contributed by atoms with Crippen LogP contribution in [0, 0.1) is 5.82 Å². The average molecular weight is 442 g/mol. The van der Waals surface area contributed by atoms with E-state index in [0.29, 0.717) is 18.6 Å². The number of carbonyl (C=O) groups excluding carboxylic acids is 2. The molecule has 29 heavy (non-hydrogen) atoms. The Morgan fingerprint density at radius 1 is 1.17 bits per heavy atom. The molecule has 8 nitrogen and oxygen atoms in total. The monoisotopic (exact) mass is 441 g/mol. The number of nitrogens with one attached hydrogen (secondary N) is 2. The quantitative estimate of drug-likeness (QED) is 0.653. The second-order valence-corrected chi connectivity index (χ2v) is 9.31. The van der Waals surface area contributed by atoms with Gasteiger partial charge in [0.25, 0.3) is 10.0 Å². The van der Waals surface area contributed by atoms with Crippen LogP contribution in [0.3, 0.4) is 0 Å². The first-order valence-corrected chi connectivity index (χ1v) is 11.2. The predicted octanol–water partition coefficient (Wildman–Crippen LogP) is 1.06. The van der Waals surface area contributed by atoms with Gasteiger partial charge in [-0.2, -0.15) is 4.31 Å². The molecule has 1 saturated heterocycles. The molecule has 1 aliphatic heterocycles. The SMILES string of the molecule is O=C(NCc1ccc(F)cc1)C(=O)NC[C@H]1OCCCN1S(=O)(=O)c1cccs1. The van der Waals surface area contributed by atoms with Crippen LogP contribution in [0.4, 0.5) is 4.39 Å². The molecule has 2 aromatic rings. The van der Waals surface area contributed by atoms with E-state index >= 15 is 0 Å². The first-order chi connectivity index (χ1) is 13.9. The van der Waals surface area contributed by atoms with E-state index in [1.165, 1.54) is 34.6 Å². The summed E-state index contributed by atoms with van der Waals surface area (Å²) in [7, 11) is -3.74. The molecule has 1 aliphatic rings. The Morgan fingerprint density at radius 3 is 2.59 bits per heavy atom. The summed E-state index contributed by atoms with van der Waals surface area (Å²) in [4.78, 5) is 24.0. The first kappa shape index (κ1) is 21.4. The minimum Gasteiger partial charge on any atom is -0.360 e. The van der Waals surface area contributed by atoms with Crippen molar-refractivity contribution >= 4 is 33.2 Å². The zero-order chi connectivity index (χ0) is 20.9. The number of hydrogen-bond acceptors (Lipinski definition) is 6. The average Bonchev–Trinajstić information content (AvgIpc) is 3.27. The largest absolute Gasteiger partial charge is 0.360 e. The van der Waals surface area contributed by atoms with Crippen LogP contribution in [-0.2, 0) is 30.9 Å². The van der Waals surface area contributed by atoms with Crippen LogP contribution < -0.4 is 10.6 Å². The van der Waals surface area contributed by atoms with Gasteiger partial charge in [-0.05, 0) is 35.6 Å². The molecule has 0 spiro atoms. The molecule has 3 rings (SSSR count). The Morgan fingerprint density at radius 2 is 1.90 bits per heavy atom. The lowest BCUT2D eigenvalue weighted by Gasteiger charge is -2.34.